The first kappa shape index (κ1) is 16.7. The fraction of sp³-hybridized carbons (Fsp3) is 0.550. The Hall–Kier alpha value is -2.41. The second-order valence-electron chi connectivity index (χ2n) is 8.13. The monoisotopic (exact) mass is 367 g/mol. The van der Waals surface area contributed by atoms with Crippen molar-refractivity contribution in [2.24, 2.45) is 5.92 Å². The van der Waals surface area contributed by atoms with Crippen molar-refractivity contribution in [1.29, 1.82) is 0 Å². The van der Waals surface area contributed by atoms with E-state index in [9.17, 15) is 4.79 Å². The predicted octanol–water partition coefficient (Wildman–Crippen LogP) is 2.30. The summed E-state index contributed by atoms with van der Waals surface area (Å²) in [5.74, 6) is 1.83. The van der Waals surface area contributed by atoms with Crippen molar-refractivity contribution in [3.63, 3.8) is 0 Å². The van der Waals surface area contributed by atoms with Crippen molar-refractivity contribution in [1.82, 2.24) is 25.4 Å². The summed E-state index contributed by atoms with van der Waals surface area (Å²) in [6.45, 7) is 3.38. The largest absolute Gasteiger partial charge is 0.487 e. The molecule has 27 heavy (non-hydrogen) atoms. The van der Waals surface area contributed by atoms with Gasteiger partial charge in [-0.05, 0) is 37.7 Å². The van der Waals surface area contributed by atoms with E-state index in [1.54, 1.807) is 0 Å². The van der Waals surface area contributed by atoms with Crippen LogP contribution in [-0.4, -0.2) is 51.2 Å². The highest BCUT2D eigenvalue weighted by Gasteiger charge is 2.44. The van der Waals surface area contributed by atoms with Gasteiger partial charge in [-0.25, -0.2) is 4.98 Å². The van der Waals surface area contributed by atoms with E-state index in [1.165, 1.54) is 25.7 Å². The van der Waals surface area contributed by atoms with Crippen molar-refractivity contribution >= 4 is 5.91 Å². The van der Waals surface area contributed by atoms with E-state index in [2.05, 4.69) is 25.4 Å². The van der Waals surface area contributed by atoms with Gasteiger partial charge in [-0.15, -0.1) is 0 Å². The molecule has 2 N–H and O–H groups in total. The number of rotatable bonds is 4. The Labute approximate surface area is 158 Å². The first-order chi connectivity index (χ1) is 13.2. The molecule has 1 atom stereocenters. The number of amides is 1. The van der Waals surface area contributed by atoms with Crippen LogP contribution >= 0.6 is 0 Å². The van der Waals surface area contributed by atoms with Gasteiger partial charge in [0.1, 0.15) is 17.7 Å². The van der Waals surface area contributed by atoms with Crippen molar-refractivity contribution < 1.29 is 9.53 Å². The number of likely N-dealkylation sites (tertiary alicyclic amines) is 1. The average molecular weight is 367 g/mol. The highest BCUT2D eigenvalue weighted by atomic mass is 16.5. The van der Waals surface area contributed by atoms with Crippen molar-refractivity contribution in [2.75, 3.05) is 19.6 Å². The molecule has 1 spiro atoms. The number of nitrogens with one attached hydrogen (secondary N) is 2. The molecular weight excluding hydrogens is 342 g/mol. The molecule has 2 aromatic rings. The van der Waals surface area contributed by atoms with Crippen molar-refractivity contribution in [3.05, 3.63) is 42.0 Å². The number of hydrogen-bond donors (Lipinski definition) is 2. The Morgan fingerprint density at radius 1 is 1.30 bits per heavy atom. The van der Waals surface area contributed by atoms with Crippen molar-refractivity contribution in [2.45, 2.75) is 43.7 Å². The van der Waals surface area contributed by atoms with Crippen LogP contribution in [-0.2, 0) is 0 Å². The molecule has 0 radical (unpaired) electrons. The third-order valence-corrected chi connectivity index (χ3v) is 6.11. The summed E-state index contributed by atoms with van der Waals surface area (Å²) in [7, 11) is 0. The summed E-state index contributed by atoms with van der Waals surface area (Å²) in [4.78, 5) is 19.1. The molecule has 7 heteroatoms. The fourth-order valence-electron chi connectivity index (χ4n) is 4.40. The number of ether oxygens (including phenoxy) is 1. The molecule has 1 saturated heterocycles. The van der Waals surface area contributed by atoms with Gasteiger partial charge < -0.3 is 15.0 Å². The molecule has 1 aliphatic carbocycles. The number of carbonyl (C=O) groups is 1. The minimum absolute atomic E-state index is 0.0810. The van der Waals surface area contributed by atoms with Crippen LogP contribution in [0.25, 0.3) is 0 Å². The molecular formula is C20H25N5O2. The zero-order chi connectivity index (χ0) is 18.3. The van der Waals surface area contributed by atoms with Gasteiger partial charge in [0.15, 0.2) is 0 Å². The van der Waals surface area contributed by atoms with E-state index < -0.39 is 0 Å². The van der Waals surface area contributed by atoms with Crippen LogP contribution in [0.4, 0.5) is 0 Å². The maximum atomic E-state index is 12.5. The Kier molecular flexibility index (Phi) is 4.11. The maximum absolute atomic E-state index is 12.5. The van der Waals surface area contributed by atoms with E-state index in [1.807, 2.05) is 24.3 Å². The number of para-hydroxylation sites is 1. The van der Waals surface area contributed by atoms with Gasteiger partial charge in [0.05, 0.1) is 6.04 Å². The lowest BCUT2D eigenvalue weighted by atomic mass is 9.80. The molecule has 1 saturated carbocycles. The Balaban J connectivity index is 1.34. The standard InChI is InChI=1S/C20H25N5O2/c26-19(18-21-13-22-24-18)23-16-11-20(27-17-4-2-1-3-15(16)17)7-9-25(10-8-20)12-14-5-6-14/h1-4,13-14,16H,5-12H2,(H,23,26)(H,21,22,24). The third-order valence-electron chi connectivity index (χ3n) is 6.11. The summed E-state index contributed by atoms with van der Waals surface area (Å²) in [5, 5.41) is 9.55. The number of nitrogens with zero attached hydrogens (tertiary/aromatic N) is 3. The van der Waals surface area contributed by atoms with Crippen LogP contribution in [0, 0.1) is 5.92 Å². The summed E-state index contributed by atoms with van der Waals surface area (Å²) in [5.41, 5.74) is 0.838. The fourth-order valence-corrected chi connectivity index (χ4v) is 4.40. The summed E-state index contributed by atoms with van der Waals surface area (Å²) < 4.78 is 6.52. The Morgan fingerprint density at radius 2 is 2.11 bits per heavy atom. The smallest absolute Gasteiger partial charge is 0.289 e. The molecule has 0 bridgehead atoms. The molecule has 2 fully saturated rings. The van der Waals surface area contributed by atoms with Gasteiger partial charge in [-0.2, -0.15) is 5.10 Å². The number of H-pyrrole nitrogens is 1. The number of aromatic nitrogens is 3. The highest BCUT2D eigenvalue weighted by molar-refractivity contribution is 5.90. The topological polar surface area (TPSA) is 83.1 Å². The molecule has 3 aliphatic rings. The quantitative estimate of drug-likeness (QED) is 0.866. The van der Waals surface area contributed by atoms with Gasteiger partial charge in [-0.1, -0.05) is 18.2 Å². The molecule has 1 aromatic heterocycles. The lowest BCUT2D eigenvalue weighted by Crippen LogP contribution is -2.52. The third kappa shape index (κ3) is 3.43. The van der Waals surface area contributed by atoms with Crippen LogP contribution in [0.3, 0.4) is 0 Å². The Morgan fingerprint density at radius 3 is 2.85 bits per heavy atom. The van der Waals surface area contributed by atoms with Gasteiger partial charge in [0.25, 0.3) is 5.91 Å². The number of carbonyl (C=O) groups excluding carboxylic acids is 1. The minimum atomic E-state index is -0.226. The molecule has 2 aliphatic heterocycles. The predicted molar refractivity (Wildman–Crippen MR) is 99.4 cm³/mol. The van der Waals surface area contributed by atoms with Crippen LogP contribution in [0.15, 0.2) is 30.6 Å². The Bertz CT molecular complexity index is 810. The van der Waals surface area contributed by atoms with Crippen molar-refractivity contribution in [3.8, 4) is 5.75 Å². The van der Waals surface area contributed by atoms with E-state index >= 15 is 0 Å². The minimum Gasteiger partial charge on any atom is -0.487 e. The highest BCUT2D eigenvalue weighted by Crippen LogP contribution is 2.44. The molecule has 1 unspecified atom stereocenters. The number of fused-ring (bicyclic) bond motifs is 1. The molecule has 1 amide bonds. The van der Waals surface area contributed by atoms with Gasteiger partial charge in [0, 0.05) is 31.6 Å². The molecule has 1 aromatic carbocycles. The van der Waals surface area contributed by atoms with Crippen LogP contribution in [0.1, 0.15) is 54.3 Å². The summed E-state index contributed by atoms with van der Waals surface area (Å²) in [6, 6.07) is 7.96. The lowest BCUT2D eigenvalue weighted by Gasteiger charge is -2.47. The maximum Gasteiger partial charge on any atom is 0.289 e. The number of aromatic amines is 1. The molecule has 5 rings (SSSR count). The number of piperidine rings is 1. The molecule has 3 heterocycles. The van der Waals surface area contributed by atoms with Crippen LogP contribution < -0.4 is 10.1 Å². The van der Waals surface area contributed by atoms with Gasteiger partial charge >= 0.3 is 0 Å². The van der Waals surface area contributed by atoms with E-state index in [4.69, 9.17) is 4.74 Å². The SMILES string of the molecule is O=C(NC1CC2(CCN(CC3CC3)CC2)Oc2ccccc21)c1ncn[nH]1. The first-order valence-corrected chi connectivity index (χ1v) is 9.87. The van der Waals surface area contributed by atoms with E-state index in [-0.39, 0.29) is 23.4 Å². The number of hydrogen-bond acceptors (Lipinski definition) is 5. The second kappa shape index (κ2) is 6.64. The zero-order valence-corrected chi connectivity index (χ0v) is 15.4. The van der Waals surface area contributed by atoms with Gasteiger partial charge in [0.2, 0.25) is 5.82 Å². The van der Waals surface area contributed by atoms with E-state index in [0.29, 0.717) is 0 Å². The summed E-state index contributed by atoms with van der Waals surface area (Å²) >= 11 is 0. The molecule has 142 valence electrons. The number of benzene rings is 1. The van der Waals surface area contributed by atoms with Crippen LogP contribution in [0.5, 0.6) is 5.75 Å². The first-order valence-electron chi connectivity index (χ1n) is 9.87. The molecule has 7 nitrogen and oxygen atoms in total. The van der Waals surface area contributed by atoms with Gasteiger partial charge in [-0.3, -0.25) is 9.89 Å². The van der Waals surface area contributed by atoms with Crippen LogP contribution in [0.2, 0.25) is 0 Å². The zero-order valence-electron chi connectivity index (χ0n) is 15.4. The normalized spacial score (nSPS) is 24.2. The van der Waals surface area contributed by atoms with E-state index in [0.717, 1.165) is 49.6 Å². The lowest BCUT2D eigenvalue weighted by molar-refractivity contribution is -0.0254. The second-order valence-corrected chi connectivity index (χ2v) is 8.13. The summed E-state index contributed by atoms with van der Waals surface area (Å²) in [6.07, 6.45) is 6.93. The average Bonchev–Trinajstić information content (AvgIpc) is 3.32.